The molecule has 0 unspecified atom stereocenters. The number of ether oxygens (including phenoxy) is 4. The molecule has 1 aromatic heterocycles. The number of pyridine rings is 1. The molecule has 0 bridgehead atoms. The first-order chi connectivity index (χ1) is 12.7. The first-order valence-corrected chi connectivity index (χ1v) is 8.68. The molecule has 1 aromatic carbocycles. The second kappa shape index (κ2) is 7.39. The van der Waals surface area contributed by atoms with E-state index in [0.29, 0.717) is 46.9 Å². The number of hydrogen-bond acceptors (Lipinski definition) is 6. The van der Waals surface area contributed by atoms with E-state index in [1.54, 1.807) is 24.3 Å². The number of benzene rings is 1. The highest BCUT2D eigenvalue weighted by Gasteiger charge is 2.19. The molecule has 1 amide bonds. The van der Waals surface area contributed by atoms with Gasteiger partial charge in [0.25, 0.3) is 5.91 Å². The van der Waals surface area contributed by atoms with Gasteiger partial charge < -0.3 is 24.3 Å². The highest BCUT2D eigenvalue weighted by atomic mass is 35.5. The van der Waals surface area contributed by atoms with E-state index in [2.05, 4.69) is 10.3 Å². The monoisotopic (exact) mass is 376 g/mol. The lowest BCUT2D eigenvalue weighted by molar-refractivity contribution is 0.0238. The maximum atomic E-state index is 12.4. The van der Waals surface area contributed by atoms with Crippen molar-refractivity contribution in [3.63, 3.8) is 0 Å². The fourth-order valence-electron chi connectivity index (χ4n) is 2.77. The van der Waals surface area contributed by atoms with E-state index < -0.39 is 0 Å². The van der Waals surface area contributed by atoms with Gasteiger partial charge in [-0.2, -0.15) is 0 Å². The Labute approximate surface area is 155 Å². The second-order valence-electron chi connectivity index (χ2n) is 5.96. The number of halogens is 1. The molecule has 26 heavy (non-hydrogen) atoms. The van der Waals surface area contributed by atoms with Gasteiger partial charge in [0, 0.05) is 30.8 Å². The van der Waals surface area contributed by atoms with Crippen molar-refractivity contribution in [1.82, 2.24) is 4.98 Å². The SMILES string of the molecule is O=C(Nc1ccc2c(c1)OCO2)c1cnc(OC2CCOCC2)c(Cl)c1. The molecule has 0 atom stereocenters. The van der Waals surface area contributed by atoms with E-state index in [-0.39, 0.29) is 18.8 Å². The van der Waals surface area contributed by atoms with Gasteiger partial charge in [0.1, 0.15) is 11.1 Å². The number of amides is 1. The molecule has 0 aliphatic carbocycles. The Bertz CT molecular complexity index is 823. The lowest BCUT2D eigenvalue weighted by atomic mass is 10.1. The summed E-state index contributed by atoms with van der Waals surface area (Å²) in [6.07, 6.45) is 3.07. The third kappa shape index (κ3) is 3.68. The van der Waals surface area contributed by atoms with Crippen LogP contribution in [0, 0.1) is 0 Å². The van der Waals surface area contributed by atoms with E-state index in [1.165, 1.54) is 6.20 Å². The largest absolute Gasteiger partial charge is 0.473 e. The Morgan fingerprint density at radius 2 is 2.00 bits per heavy atom. The van der Waals surface area contributed by atoms with Crippen molar-refractivity contribution in [1.29, 1.82) is 0 Å². The van der Waals surface area contributed by atoms with Gasteiger partial charge in [-0.3, -0.25) is 4.79 Å². The Balaban J connectivity index is 1.43. The van der Waals surface area contributed by atoms with Crippen molar-refractivity contribution in [3.8, 4) is 17.4 Å². The number of anilines is 1. The molecule has 7 nitrogen and oxygen atoms in total. The van der Waals surface area contributed by atoms with Crippen LogP contribution in [0.3, 0.4) is 0 Å². The van der Waals surface area contributed by atoms with Gasteiger partial charge in [0.2, 0.25) is 12.7 Å². The number of nitrogens with one attached hydrogen (secondary N) is 1. The van der Waals surface area contributed by atoms with Crippen LogP contribution in [0.2, 0.25) is 5.02 Å². The summed E-state index contributed by atoms with van der Waals surface area (Å²) in [6.45, 7) is 1.51. The predicted octanol–water partition coefficient (Wildman–Crippen LogP) is 3.27. The minimum atomic E-state index is -0.323. The van der Waals surface area contributed by atoms with Crippen molar-refractivity contribution in [2.75, 3.05) is 25.3 Å². The summed E-state index contributed by atoms with van der Waals surface area (Å²) in [7, 11) is 0. The van der Waals surface area contributed by atoms with Gasteiger partial charge in [-0.25, -0.2) is 4.98 Å². The van der Waals surface area contributed by atoms with Gasteiger partial charge in [-0.1, -0.05) is 11.6 Å². The third-order valence-corrected chi connectivity index (χ3v) is 4.42. The molecule has 0 saturated carbocycles. The quantitative estimate of drug-likeness (QED) is 0.882. The molecule has 3 heterocycles. The number of hydrogen-bond donors (Lipinski definition) is 1. The Hall–Kier alpha value is -2.51. The van der Waals surface area contributed by atoms with Crippen LogP contribution in [-0.4, -0.2) is 37.0 Å². The molecule has 2 aliphatic heterocycles. The lowest BCUT2D eigenvalue weighted by Crippen LogP contribution is -2.26. The van der Waals surface area contributed by atoms with Gasteiger partial charge in [-0.05, 0) is 18.2 Å². The summed E-state index contributed by atoms with van der Waals surface area (Å²) >= 11 is 6.24. The molecule has 1 saturated heterocycles. The number of rotatable bonds is 4. The summed E-state index contributed by atoms with van der Waals surface area (Å²) in [5.41, 5.74) is 0.935. The summed E-state index contributed by atoms with van der Waals surface area (Å²) in [6, 6.07) is 6.74. The highest BCUT2D eigenvalue weighted by Crippen LogP contribution is 2.34. The zero-order valence-corrected chi connectivity index (χ0v) is 14.6. The van der Waals surface area contributed by atoms with E-state index in [9.17, 15) is 4.79 Å². The number of carbonyl (C=O) groups excluding carboxylic acids is 1. The van der Waals surface area contributed by atoms with Crippen LogP contribution in [0.1, 0.15) is 23.2 Å². The fraction of sp³-hybridized carbons (Fsp3) is 0.333. The maximum absolute atomic E-state index is 12.4. The Morgan fingerprint density at radius 1 is 1.19 bits per heavy atom. The van der Waals surface area contributed by atoms with Crippen LogP contribution in [0.5, 0.6) is 17.4 Å². The first-order valence-electron chi connectivity index (χ1n) is 8.30. The maximum Gasteiger partial charge on any atom is 0.257 e. The summed E-state index contributed by atoms with van der Waals surface area (Å²) < 4.78 is 21.7. The van der Waals surface area contributed by atoms with Gasteiger partial charge in [0.15, 0.2) is 11.5 Å². The van der Waals surface area contributed by atoms with E-state index in [0.717, 1.165) is 12.8 Å². The fourth-order valence-corrected chi connectivity index (χ4v) is 2.98. The van der Waals surface area contributed by atoms with Crippen LogP contribution in [0.15, 0.2) is 30.5 Å². The van der Waals surface area contributed by atoms with Crippen molar-refractivity contribution in [2.24, 2.45) is 0 Å². The highest BCUT2D eigenvalue weighted by molar-refractivity contribution is 6.32. The van der Waals surface area contributed by atoms with Crippen LogP contribution in [-0.2, 0) is 4.74 Å². The smallest absolute Gasteiger partial charge is 0.257 e. The number of aromatic nitrogens is 1. The number of fused-ring (bicyclic) bond motifs is 1. The van der Waals surface area contributed by atoms with E-state index >= 15 is 0 Å². The predicted molar refractivity (Wildman–Crippen MR) is 94.2 cm³/mol. The topological polar surface area (TPSA) is 78.9 Å². The molecule has 1 N–H and O–H groups in total. The average Bonchev–Trinajstić information content (AvgIpc) is 3.12. The molecule has 0 radical (unpaired) electrons. The summed E-state index contributed by atoms with van der Waals surface area (Å²) in [5, 5.41) is 3.09. The first kappa shape index (κ1) is 16.9. The molecule has 4 rings (SSSR count). The Morgan fingerprint density at radius 3 is 2.81 bits per heavy atom. The number of carbonyl (C=O) groups is 1. The van der Waals surface area contributed by atoms with Crippen molar-refractivity contribution >= 4 is 23.2 Å². The zero-order valence-electron chi connectivity index (χ0n) is 13.9. The summed E-state index contributed by atoms with van der Waals surface area (Å²) in [4.78, 5) is 16.6. The van der Waals surface area contributed by atoms with E-state index in [1.807, 2.05) is 0 Å². The van der Waals surface area contributed by atoms with Gasteiger partial charge in [-0.15, -0.1) is 0 Å². The van der Waals surface area contributed by atoms with Crippen molar-refractivity contribution in [3.05, 3.63) is 41.0 Å². The van der Waals surface area contributed by atoms with Gasteiger partial charge >= 0.3 is 0 Å². The Kier molecular flexibility index (Phi) is 4.81. The number of nitrogens with zero attached hydrogens (tertiary/aromatic N) is 1. The standard InChI is InChI=1S/C18H17ClN2O5/c19-14-7-11(9-20-18(14)26-13-3-5-23-6-4-13)17(22)21-12-1-2-15-16(8-12)25-10-24-15/h1-2,7-9,13H,3-6,10H2,(H,21,22). The molecule has 2 aliphatic rings. The molecular formula is C18H17ClN2O5. The molecule has 136 valence electrons. The third-order valence-electron chi connectivity index (χ3n) is 4.15. The summed E-state index contributed by atoms with van der Waals surface area (Å²) in [5.74, 6) is 1.26. The van der Waals surface area contributed by atoms with Crippen LogP contribution in [0.4, 0.5) is 5.69 Å². The van der Waals surface area contributed by atoms with Crippen LogP contribution in [0.25, 0.3) is 0 Å². The minimum Gasteiger partial charge on any atom is -0.473 e. The molecule has 8 heteroatoms. The van der Waals surface area contributed by atoms with Crippen LogP contribution < -0.4 is 19.5 Å². The lowest BCUT2D eigenvalue weighted by Gasteiger charge is -2.23. The van der Waals surface area contributed by atoms with Crippen LogP contribution >= 0.6 is 11.6 Å². The second-order valence-corrected chi connectivity index (χ2v) is 6.37. The zero-order chi connectivity index (χ0) is 17.9. The molecule has 2 aromatic rings. The molecule has 1 fully saturated rings. The molecule has 0 spiro atoms. The van der Waals surface area contributed by atoms with Gasteiger partial charge in [0.05, 0.1) is 18.8 Å². The van der Waals surface area contributed by atoms with E-state index in [4.69, 9.17) is 30.5 Å². The molecular weight excluding hydrogens is 360 g/mol. The van der Waals surface area contributed by atoms with Crippen molar-refractivity contribution < 1.29 is 23.7 Å². The minimum absolute atomic E-state index is 0.0297. The van der Waals surface area contributed by atoms with Crippen molar-refractivity contribution in [2.45, 2.75) is 18.9 Å². The average molecular weight is 377 g/mol. The normalized spacial score (nSPS) is 16.3.